The Kier molecular flexibility index (Phi) is 6.26. The third-order valence-corrected chi connectivity index (χ3v) is 5.71. The Balaban J connectivity index is 1.79. The van der Waals surface area contributed by atoms with Crippen molar-refractivity contribution in [1.29, 1.82) is 0 Å². The zero-order chi connectivity index (χ0) is 23.8. The number of alkyl halides is 3. The van der Waals surface area contributed by atoms with Crippen LogP contribution in [0.4, 0.5) is 13.2 Å². The van der Waals surface area contributed by atoms with E-state index in [0.29, 0.717) is 10.6 Å². The number of halogens is 4. The van der Waals surface area contributed by atoms with Crippen LogP contribution in [0.2, 0.25) is 5.02 Å². The van der Waals surface area contributed by atoms with E-state index in [2.05, 4.69) is 10.2 Å². The summed E-state index contributed by atoms with van der Waals surface area (Å²) >= 11 is 5.92. The number of rotatable bonds is 6. The maximum absolute atomic E-state index is 13.1. The Morgan fingerprint density at radius 1 is 1.27 bits per heavy atom. The Bertz CT molecular complexity index is 1220. The van der Waals surface area contributed by atoms with Crippen molar-refractivity contribution in [3.63, 3.8) is 0 Å². The molecule has 0 aliphatic heterocycles. The van der Waals surface area contributed by atoms with Crippen molar-refractivity contribution in [3.05, 3.63) is 63.7 Å². The summed E-state index contributed by atoms with van der Waals surface area (Å²) in [5.41, 5.74) is -0.555. The van der Waals surface area contributed by atoms with Gasteiger partial charge in [-0.15, -0.1) is 0 Å². The first kappa shape index (κ1) is 23.0. The third-order valence-electron chi connectivity index (χ3n) is 5.46. The van der Waals surface area contributed by atoms with Gasteiger partial charge in [-0.2, -0.15) is 28.1 Å². The normalized spacial score (nSPS) is 15.2. The van der Waals surface area contributed by atoms with Crippen LogP contribution >= 0.6 is 11.6 Å². The van der Waals surface area contributed by atoms with E-state index in [0.717, 1.165) is 30.0 Å². The molecule has 1 saturated carbocycles. The van der Waals surface area contributed by atoms with E-state index in [-0.39, 0.29) is 17.4 Å². The number of carbonyl (C=O) groups is 1. The molecule has 1 atom stereocenters. The van der Waals surface area contributed by atoms with E-state index in [1.807, 2.05) is 0 Å². The second kappa shape index (κ2) is 8.99. The summed E-state index contributed by atoms with van der Waals surface area (Å²) < 4.78 is 41.8. The van der Waals surface area contributed by atoms with Crippen molar-refractivity contribution >= 4 is 17.5 Å². The van der Waals surface area contributed by atoms with Crippen LogP contribution < -0.4 is 10.9 Å². The highest BCUT2D eigenvalue weighted by atomic mass is 35.5. The molecular formula is C21H19ClF3N5O3. The number of benzene rings is 1. The lowest BCUT2D eigenvalue weighted by Gasteiger charge is -2.25. The fourth-order valence-corrected chi connectivity index (χ4v) is 3.48. The zero-order valence-electron chi connectivity index (χ0n) is 17.1. The van der Waals surface area contributed by atoms with E-state index in [9.17, 15) is 22.8 Å². The molecule has 3 aromatic rings. The van der Waals surface area contributed by atoms with Crippen LogP contribution in [0, 0.1) is 0 Å². The van der Waals surface area contributed by atoms with Crippen LogP contribution in [0.15, 0.2) is 47.5 Å². The van der Waals surface area contributed by atoms with E-state index >= 15 is 0 Å². The molecule has 0 saturated heterocycles. The second-order valence-corrected chi connectivity index (χ2v) is 8.12. The number of amides is 1. The largest absolute Gasteiger partial charge is 0.410 e. The minimum Gasteiger partial charge on any atom is -0.394 e. The first-order valence-corrected chi connectivity index (χ1v) is 10.5. The lowest BCUT2D eigenvalue weighted by atomic mass is 9.93. The molecule has 0 spiro atoms. The Hall–Kier alpha value is -3.18. The number of aromatic nitrogens is 4. The van der Waals surface area contributed by atoms with Gasteiger partial charge in [0.05, 0.1) is 30.7 Å². The molecule has 2 heterocycles. The average molecular weight is 482 g/mol. The van der Waals surface area contributed by atoms with Gasteiger partial charge in [-0.3, -0.25) is 14.3 Å². The van der Waals surface area contributed by atoms with Gasteiger partial charge in [0, 0.05) is 10.6 Å². The molecule has 8 nitrogen and oxygen atoms in total. The van der Waals surface area contributed by atoms with Crippen molar-refractivity contribution < 1.29 is 23.1 Å². The maximum Gasteiger partial charge on any atom is 0.410 e. The Morgan fingerprint density at radius 2 is 1.97 bits per heavy atom. The third kappa shape index (κ3) is 4.79. The van der Waals surface area contributed by atoms with E-state index in [1.54, 1.807) is 40.5 Å². The zero-order valence-corrected chi connectivity index (χ0v) is 17.8. The monoisotopic (exact) mass is 481 g/mol. The van der Waals surface area contributed by atoms with Crippen molar-refractivity contribution in [3.8, 4) is 16.9 Å². The highest BCUT2D eigenvalue weighted by Gasteiger charge is 2.40. The van der Waals surface area contributed by atoms with Gasteiger partial charge in [-0.1, -0.05) is 23.7 Å². The standard InChI is InChI=1S/C21H19ClF3N5O3/c22-13-6-4-12(5-7-13)17-8-16(19(32)27-18(11-31)21(23,24)25)20(33)30(28-17)15-9-26-29(10-15)14-2-1-3-14/h4-10,14,18,31H,1-3,11H2,(H,27,32)/t18-/m1/s1. The van der Waals surface area contributed by atoms with Gasteiger partial charge in [0.1, 0.15) is 17.3 Å². The first-order valence-electron chi connectivity index (χ1n) is 10.1. The number of aliphatic hydroxyl groups is 1. The highest BCUT2D eigenvalue weighted by molar-refractivity contribution is 6.30. The molecule has 0 unspecified atom stereocenters. The molecule has 1 aliphatic rings. The predicted octanol–water partition coefficient (Wildman–Crippen LogP) is 3.13. The van der Waals surface area contributed by atoms with Crippen LogP contribution in [0.1, 0.15) is 35.7 Å². The van der Waals surface area contributed by atoms with Crippen molar-refractivity contribution in [2.45, 2.75) is 37.5 Å². The molecule has 4 rings (SSSR count). The Morgan fingerprint density at radius 3 is 2.55 bits per heavy atom. The fourth-order valence-electron chi connectivity index (χ4n) is 3.35. The average Bonchev–Trinajstić information content (AvgIpc) is 3.19. The minimum absolute atomic E-state index is 0.167. The van der Waals surface area contributed by atoms with Crippen molar-refractivity contribution in [2.24, 2.45) is 0 Å². The molecule has 0 radical (unpaired) electrons. The molecular weight excluding hydrogens is 463 g/mol. The van der Waals surface area contributed by atoms with E-state index in [4.69, 9.17) is 16.7 Å². The molecule has 12 heteroatoms. The van der Waals surface area contributed by atoms with Crippen LogP contribution in [-0.2, 0) is 0 Å². The summed E-state index contributed by atoms with van der Waals surface area (Å²) in [6.07, 6.45) is 1.09. The minimum atomic E-state index is -4.89. The summed E-state index contributed by atoms with van der Waals surface area (Å²) in [4.78, 5) is 25.7. The molecule has 2 aromatic heterocycles. The highest BCUT2D eigenvalue weighted by Crippen LogP contribution is 2.31. The van der Waals surface area contributed by atoms with Crippen LogP contribution in [0.3, 0.4) is 0 Å². The summed E-state index contributed by atoms with van der Waals surface area (Å²) in [6, 6.07) is 5.15. The fraction of sp³-hybridized carbons (Fsp3) is 0.333. The number of hydrogen-bond acceptors (Lipinski definition) is 5. The van der Waals surface area contributed by atoms with Crippen molar-refractivity contribution in [2.75, 3.05) is 6.61 Å². The number of aliphatic hydroxyl groups excluding tert-OH is 1. The lowest BCUT2D eigenvalue weighted by Crippen LogP contribution is -2.49. The molecule has 33 heavy (non-hydrogen) atoms. The summed E-state index contributed by atoms with van der Waals surface area (Å²) in [6.45, 7) is -1.37. The maximum atomic E-state index is 13.1. The number of nitrogens with zero attached hydrogens (tertiary/aromatic N) is 4. The van der Waals surface area contributed by atoms with Gasteiger partial charge in [-0.05, 0) is 37.5 Å². The molecule has 1 fully saturated rings. The summed E-state index contributed by atoms with van der Waals surface area (Å²) in [5, 5.41) is 19.7. The molecule has 1 aliphatic carbocycles. The summed E-state index contributed by atoms with van der Waals surface area (Å²) in [5.74, 6) is -1.28. The molecule has 174 valence electrons. The van der Waals surface area contributed by atoms with Gasteiger partial charge in [0.2, 0.25) is 0 Å². The molecule has 0 bridgehead atoms. The van der Waals surface area contributed by atoms with Gasteiger partial charge >= 0.3 is 6.18 Å². The topological polar surface area (TPSA) is 102 Å². The van der Waals surface area contributed by atoms with Gasteiger partial charge in [-0.25, -0.2) is 0 Å². The Labute approximate surface area is 190 Å². The first-order chi connectivity index (χ1) is 15.7. The van der Waals surface area contributed by atoms with Crippen LogP contribution in [-0.4, -0.2) is 49.4 Å². The van der Waals surface area contributed by atoms with Gasteiger partial charge in [0.25, 0.3) is 11.5 Å². The number of nitrogens with one attached hydrogen (secondary N) is 1. The second-order valence-electron chi connectivity index (χ2n) is 7.68. The van der Waals surface area contributed by atoms with Crippen LogP contribution in [0.5, 0.6) is 0 Å². The molecule has 1 amide bonds. The van der Waals surface area contributed by atoms with Gasteiger partial charge < -0.3 is 10.4 Å². The lowest BCUT2D eigenvalue weighted by molar-refractivity contribution is -0.161. The molecule has 2 N–H and O–H groups in total. The van der Waals surface area contributed by atoms with Crippen molar-refractivity contribution in [1.82, 2.24) is 24.9 Å². The number of hydrogen-bond donors (Lipinski definition) is 2. The van der Waals surface area contributed by atoms with E-state index in [1.165, 1.54) is 6.20 Å². The quantitative estimate of drug-likeness (QED) is 0.563. The predicted molar refractivity (Wildman–Crippen MR) is 113 cm³/mol. The number of carbonyl (C=O) groups excluding carboxylic acids is 1. The van der Waals surface area contributed by atoms with E-state index < -0.39 is 35.9 Å². The smallest absolute Gasteiger partial charge is 0.394 e. The van der Waals surface area contributed by atoms with Crippen LogP contribution in [0.25, 0.3) is 16.9 Å². The molecule has 1 aromatic carbocycles. The SMILES string of the molecule is O=C(N[C@H](CO)C(F)(F)F)c1cc(-c2ccc(Cl)cc2)nn(-c2cnn(C3CCC3)c2)c1=O. The van der Waals surface area contributed by atoms with Gasteiger partial charge in [0.15, 0.2) is 0 Å². The summed E-state index contributed by atoms with van der Waals surface area (Å²) in [7, 11) is 0.